The molecule has 0 bridgehead atoms. The van der Waals surface area contributed by atoms with Crippen LogP contribution in [-0.4, -0.2) is 23.1 Å². The standard InChI is InChI=1S/C5H12.2BrH.Mg/c1-5(2,3)4;;;/h1-4H3;2*1H;/q;;;+2/p-2. The van der Waals surface area contributed by atoms with Crippen LogP contribution in [0.2, 0.25) is 0 Å². The summed E-state index contributed by atoms with van der Waals surface area (Å²) in [7, 11) is 0. The first-order valence-corrected chi connectivity index (χ1v) is 2.00. The predicted molar refractivity (Wildman–Crippen MR) is 30.9 cm³/mol. The smallest absolute Gasteiger partial charge is 1.00 e. The Balaban J connectivity index is -0.0000000267. The molecule has 0 aromatic carbocycles. The monoisotopic (exact) mass is 254 g/mol. The summed E-state index contributed by atoms with van der Waals surface area (Å²) in [6.45, 7) is 8.75. The molecule has 0 aliphatic carbocycles. The molecule has 0 saturated carbocycles. The summed E-state index contributed by atoms with van der Waals surface area (Å²) >= 11 is 0. The fourth-order valence-corrected chi connectivity index (χ4v) is 0. The zero-order valence-corrected chi connectivity index (χ0v) is 10.5. The number of hydrogen-bond donors (Lipinski definition) is 0. The Labute approximate surface area is 89.5 Å². The molecule has 0 radical (unpaired) electrons. The van der Waals surface area contributed by atoms with Gasteiger partial charge in [-0.05, 0) is 5.41 Å². The molecular formula is C5H12Br2Mg. The minimum atomic E-state index is 0. The quantitative estimate of drug-likeness (QED) is 0.385. The van der Waals surface area contributed by atoms with Gasteiger partial charge in [-0.15, -0.1) is 0 Å². The Morgan fingerprint density at radius 3 is 0.750 bits per heavy atom. The summed E-state index contributed by atoms with van der Waals surface area (Å²) < 4.78 is 0. The van der Waals surface area contributed by atoms with Gasteiger partial charge in [0.25, 0.3) is 0 Å². The number of rotatable bonds is 0. The van der Waals surface area contributed by atoms with Crippen LogP contribution in [0.15, 0.2) is 0 Å². The van der Waals surface area contributed by atoms with Crippen LogP contribution in [0.3, 0.4) is 0 Å². The molecule has 8 heavy (non-hydrogen) atoms. The van der Waals surface area contributed by atoms with Crippen molar-refractivity contribution in [2.45, 2.75) is 27.7 Å². The Morgan fingerprint density at radius 2 is 0.750 bits per heavy atom. The van der Waals surface area contributed by atoms with Crippen LogP contribution in [0.4, 0.5) is 0 Å². The van der Waals surface area contributed by atoms with Gasteiger partial charge in [-0.1, -0.05) is 27.7 Å². The minimum absolute atomic E-state index is 0. The van der Waals surface area contributed by atoms with Crippen molar-refractivity contribution in [1.29, 1.82) is 0 Å². The van der Waals surface area contributed by atoms with Gasteiger partial charge in [-0.3, -0.25) is 0 Å². The van der Waals surface area contributed by atoms with E-state index in [4.69, 9.17) is 0 Å². The molecule has 3 heteroatoms. The van der Waals surface area contributed by atoms with Gasteiger partial charge in [0.05, 0.1) is 0 Å². The van der Waals surface area contributed by atoms with Crippen LogP contribution < -0.4 is 34.0 Å². The molecule has 0 spiro atoms. The van der Waals surface area contributed by atoms with Crippen LogP contribution in [0.25, 0.3) is 0 Å². The SMILES string of the molecule is CC(C)(C)C.[Br-].[Br-].[Mg+2]. The first-order valence-electron chi connectivity index (χ1n) is 2.00. The second-order valence-corrected chi connectivity index (χ2v) is 3.00. The van der Waals surface area contributed by atoms with Crippen molar-refractivity contribution in [1.82, 2.24) is 0 Å². The molecule has 0 unspecified atom stereocenters. The maximum absolute atomic E-state index is 2.19. The van der Waals surface area contributed by atoms with Gasteiger partial charge in [0.1, 0.15) is 0 Å². The zero-order chi connectivity index (χ0) is 4.50. The summed E-state index contributed by atoms with van der Waals surface area (Å²) in [6, 6.07) is 0. The van der Waals surface area contributed by atoms with Crippen LogP contribution in [-0.2, 0) is 0 Å². The van der Waals surface area contributed by atoms with Gasteiger partial charge in [-0.25, -0.2) is 0 Å². The fraction of sp³-hybridized carbons (Fsp3) is 1.00. The van der Waals surface area contributed by atoms with Crippen molar-refractivity contribution in [3.63, 3.8) is 0 Å². The van der Waals surface area contributed by atoms with Gasteiger partial charge in [0.2, 0.25) is 0 Å². The maximum atomic E-state index is 2.19. The number of halogens is 2. The Morgan fingerprint density at radius 1 is 0.750 bits per heavy atom. The summed E-state index contributed by atoms with van der Waals surface area (Å²) in [4.78, 5) is 0. The van der Waals surface area contributed by atoms with Gasteiger partial charge in [0.15, 0.2) is 0 Å². The Kier molecular flexibility index (Phi) is 24.6. The van der Waals surface area contributed by atoms with Gasteiger partial charge >= 0.3 is 23.1 Å². The molecule has 0 rings (SSSR count). The summed E-state index contributed by atoms with van der Waals surface area (Å²) in [5, 5.41) is 0. The average molecular weight is 256 g/mol. The fourth-order valence-electron chi connectivity index (χ4n) is 0. The Hall–Kier alpha value is 1.73. The third kappa shape index (κ3) is 117. The van der Waals surface area contributed by atoms with E-state index in [9.17, 15) is 0 Å². The molecule has 0 heterocycles. The van der Waals surface area contributed by atoms with E-state index in [0.717, 1.165) is 0 Å². The molecule has 0 saturated heterocycles. The van der Waals surface area contributed by atoms with Gasteiger partial charge in [-0.2, -0.15) is 0 Å². The van der Waals surface area contributed by atoms with E-state index in [1.165, 1.54) is 0 Å². The summed E-state index contributed by atoms with van der Waals surface area (Å²) in [5.41, 5.74) is 0.500. The van der Waals surface area contributed by atoms with Gasteiger partial charge < -0.3 is 34.0 Å². The molecule has 0 aliphatic rings. The second-order valence-electron chi connectivity index (χ2n) is 3.00. The number of hydrogen-bond acceptors (Lipinski definition) is 0. The average Bonchev–Trinajstić information content (AvgIpc) is 0.722. The Bertz CT molecular complexity index is 25.9. The first-order chi connectivity index (χ1) is 2.00. The molecule has 0 amide bonds. The van der Waals surface area contributed by atoms with Crippen molar-refractivity contribution < 1.29 is 34.0 Å². The molecule has 0 N–H and O–H groups in total. The normalized spacial score (nSPS) is 7.50. The third-order valence-electron chi connectivity index (χ3n) is 0. The molecule has 0 aromatic heterocycles. The van der Waals surface area contributed by atoms with E-state index in [1.807, 2.05) is 0 Å². The van der Waals surface area contributed by atoms with E-state index in [-0.39, 0.29) is 57.0 Å². The molecule has 0 aliphatic heterocycles. The third-order valence-corrected chi connectivity index (χ3v) is 0. The molecule has 0 fully saturated rings. The molecule has 0 atom stereocenters. The maximum Gasteiger partial charge on any atom is 2.00 e. The van der Waals surface area contributed by atoms with E-state index in [0.29, 0.717) is 5.41 Å². The predicted octanol–water partition coefficient (Wildman–Crippen LogP) is -4.32. The van der Waals surface area contributed by atoms with Crippen LogP contribution in [0.1, 0.15) is 27.7 Å². The topological polar surface area (TPSA) is 0 Å². The van der Waals surface area contributed by atoms with E-state index in [1.54, 1.807) is 0 Å². The van der Waals surface area contributed by atoms with E-state index in [2.05, 4.69) is 27.7 Å². The van der Waals surface area contributed by atoms with Crippen molar-refractivity contribution in [2.75, 3.05) is 0 Å². The van der Waals surface area contributed by atoms with Crippen molar-refractivity contribution in [2.24, 2.45) is 5.41 Å². The summed E-state index contributed by atoms with van der Waals surface area (Å²) in [5.74, 6) is 0. The van der Waals surface area contributed by atoms with E-state index >= 15 is 0 Å². The zero-order valence-electron chi connectivity index (χ0n) is 5.96. The van der Waals surface area contributed by atoms with Crippen molar-refractivity contribution in [3.05, 3.63) is 0 Å². The largest absolute Gasteiger partial charge is 2.00 e. The molecular weight excluding hydrogens is 244 g/mol. The molecule has 0 aromatic rings. The molecule has 0 nitrogen and oxygen atoms in total. The van der Waals surface area contributed by atoms with E-state index < -0.39 is 0 Å². The van der Waals surface area contributed by atoms with Crippen LogP contribution >= 0.6 is 0 Å². The van der Waals surface area contributed by atoms with Gasteiger partial charge in [0, 0.05) is 0 Å². The van der Waals surface area contributed by atoms with Crippen LogP contribution in [0, 0.1) is 5.41 Å². The first kappa shape index (κ1) is 22.6. The van der Waals surface area contributed by atoms with Crippen molar-refractivity contribution >= 4 is 23.1 Å². The summed E-state index contributed by atoms with van der Waals surface area (Å²) in [6.07, 6.45) is 0. The minimum Gasteiger partial charge on any atom is -1.00 e. The second kappa shape index (κ2) is 8.73. The van der Waals surface area contributed by atoms with Crippen molar-refractivity contribution in [3.8, 4) is 0 Å². The molecule has 48 valence electrons. The van der Waals surface area contributed by atoms with Crippen LogP contribution in [0.5, 0.6) is 0 Å².